The molecule has 8 nitrogen and oxygen atoms in total. The highest BCUT2D eigenvalue weighted by Gasteiger charge is 2.46. The molecule has 0 fully saturated rings. The van der Waals surface area contributed by atoms with Gasteiger partial charge in [0.2, 0.25) is 5.91 Å². The van der Waals surface area contributed by atoms with Gasteiger partial charge in [-0.2, -0.15) is 18.4 Å². The molecule has 1 aromatic carbocycles. The number of benzene rings is 1. The van der Waals surface area contributed by atoms with Gasteiger partial charge in [0, 0.05) is 5.38 Å². The number of amides is 1. The van der Waals surface area contributed by atoms with E-state index in [0.29, 0.717) is 26.8 Å². The third-order valence-electron chi connectivity index (χ3n) is 4.01. The molecule has 0 saturated carbocycles. The zero-order valence-corrected chi connectivity index (χ0v) is 18.3. The van der Waals surface area contributed by atoms with Crippen molar-refractivity contribution in [3.63, 3.8) is 0 Å². The van der Waals surface area contributed by atoms with Crippen molar-refractivity contribution < 1.29 is 31.5 Å². The number of carbonyl (C=O) groups excluding carboxylic acids is 1. The van der Waals surface area contributed by atoms with Crippen molar-refractivity contribution in [1.29, 1.82) is 5.26 Å². The maximum absolute atomic E-state index is 12.6. The fraction of sp³-hybridized carbons (Fsp3) is 0.222. The number of alkyl halides is 3. The third kappa shape index (κ3) is 5.13. The lowest BCUT2D eigenvalue weighted by Gasteiger charge is -2.08. The fourth-order valence-electron chi connectivity index (χ4n) is 2.57. The summed E-state index contributed by atoms with van der Waals surface area (Å²) in [6.45, 7) is -0.278. The van der Waals surface area contributed by atoms with Gasteiger partial charge in [0.25, 0.3) is 9.84 Å². The van der Waals surface area contributed by atoms with Crippen molar-refractivity contribution in [3.05, 3.63) is 45.9 Å². The minimum atomic E-state index is -5.45. The van der Waals surface area contributed by atoms with E-state index < -0.39 is 26.1 Å². The molecule has 32 heavy (non-hydrogen) atoms. The molecule has 14 heteroatoms. The van der Waals surface area contributed by atoms with Crippen LogP contribution in [0.25, 0.3) is 10.6 Å². The summed E-state index contributed by atoms with van der Waals surface area (Å²) in [6.07, 6.45) is -0.179. The summed E-state index contributed by atoms with van der Waals surface area (Å²) in [7, 11) is -5.45. The summed E-state index contributed by atoms with van der Waals surface area (Å²) in [5.74, 6) is -0.505. The predicted octanol–water partition coefficient (Wildman–Crippen LogP) is 3.30. The van der Waals surface area contributed by atoms with E-state index in [1.807, 2.05) is 6.07 Å². The molecule has 0 bridgehead atoms. The van der Waals surface area contributed by atoms with Gasteiger partial charge in [-0.3, -0.25) is 4.79 Å². The van der Waals surface area contributed by atoms with E-state index in [1.165, 1.54) is 11.3 Å². The van der Waals surface area contributed by atoms with Crippen LogP contribution in [-0.4, -0.2) is 34.9 Å². The van der Waals surface area contributed by atoms with Crippen molar-refractivity contribution in [2.75, 3.05) is 5.32 Å². The van der Waals surface area contributed by atoms with E-state index in [1.54, 1.807) is 5.38 Å². The quantitative estimate of drug-likeness (QED) is 0.506. The molecule has 3 aromatic rings. The Balaban J connectivity index is 1.69. The lowest BCUT2D eigenvalue weighted by atomic mass is 10.1. The van der Waals surface area contributed by atoms with E-state index in [-0.39, 0.29) is 24.6 Å². The van der Waals surface area contributed by atoms with Crippen LogP contribution in [0.4, 0.5) is 18.3 Å². The molecule has 0 atom stereocenters. The van der Waals surface area contributed by atoms with E-state index >= 15 is 0 Å². The van der Waals surface area contributed by atoms with Gasteiger partial charge >= 0.3 is 5.51 Å². The Hall–Kier alpha value is -2.86. The molecule has 0 aliphatic rings. The Labute approximate surface area is 187 Å². The van der Waals surface area contributed by atoms with Gasteiger partial charge in [0.05, 0.1) is 46.7 Å². The highest BCUT2D eigenvalue weighted by atomic mass is 32.2. The largest absolute Gasteiger partial charge is 0.501 e. The first-order valence-electron chi connectivity index (χ1n) is 8.67. The number of aromatic nitrogens is 2. The number of nitrogens with zero attached hydrogens (tertiary/aromatic N) is 3. The van der Waals surface area contributed by atoms with E-state index in [2.05, 4.69) is 15.3 Å². The fourth-order valence-corrected chi connectivity index (χ4v) is 5.02. The van der Waals surface area contributed by atoms with Gasteiger partial charge in [-0.25, -0.2) is 18.4 Å². The van der Waals surface area contributed by atoms with Gasteiger partial charge in [-0.1, -0.05) is 12.1 Å². The number of hydrogen-bond acceptors (Lipinski definition) is 9. The number of rotatable bonds is 7. The molecule has 2 aromatic heterocycles. The molecule has 3 rings (SSSR count). The first-order valence-corrected chi connectivity index (χ1v) is 11.9. The molecule has 0 aliphatic carbocycles. The molecule has 1 amide bonds. The van der Waals surface area contributed by atoms with Crippen LogP contribution in [0.1, 0.15) is 16.3 Å². The van der Waals surface area contributed by atoms with Gasteiger partial charge in [-0.15, -0.1) is 22.7 Å². The lowest BCUT2D eigenvalue weighted by Crippen LogP contribution is -2.23. The Kier molecular flexibility index (Phi) is 6.94. The summed E-state index contributed by atoms with van der Waals surface area (Å²) < 4.78 is 60.6. The zero-order chi connectivity index (χ0) is 23.5. The van der Waals surface area contributed by atoms with Crippen LogP contribution < -0.4 is 5.32 Å². The second-order valence-corrected chi connectivity index (χ2v) is 10.1. The number of halogens is 3. The molecular formula is C18H13F3N4O4S3. The molecule has 2 heterocycles. The summed E-state index contributed by atoms with van der Waals surface area (Å²) in [5, 5.41) is 23.1. The van der Waals surface area contributed by atoms with Crippen molar-refractivity contribution in [1.82, 2.24) is 9.97 Å². The number of sulfone groups is 1. The Morgan fingerprint density at radius 3 is 2.50 bits per heavy atom. The first-order chi connectivity index (χ1) is 15.0. The Morgan fingerprint density at radius 1 is 1.22 bits per heavy atom. The van der Waals surface area contributed by atoms with E-state index in [0.717, 1.165) is 35.6 Å². The van der Waals surface area contributed by atoms with E-state index in [4.69, 9.17) is 5.26 Å². The van der Waals surface area contributed by atoms with Crippen molar-refractivity contribution in [3.8, 4) is 16.6 Å². The van der Waals surface area contributed by atoms with Crippen LogP contribution in [0.3, 0.4) is 0 Å². The second kappa shape index (κ2) is 9.33. The van der Waals surface area contributed by atoms with Crippen molar-refractivity contribution >= 4 is 43.5 Å². The second-order valence-electron chi connectivity index (χ2n) is 6.23. The van der Waals surface area contributed by atoms with Crippen LogP contribution in [0.5, 0.6) is 0 Å². The topological polar surface area (TPSA) is 133 Å². The van der Waals surface area contributed by atoms with E-state index in [9.17, 15) is 31.5 Å². The SMILES string of the molecule is N#CCc1nc(CO)sc1-c1csc(NC(=O)Cc2ccc(S(=O)(=O)C(F)(F)F)cc2)n1. The lowest BCUT2D eigenvalue weighted by molar-refractivity contribution is -0.115. The number of thiazole rings is 2. The molecule has 2 N–H and O–H groups in total. The number of nitriles is 1. The van der Waals surface area contributed by atoms with Crippen LogP contribution in [0.2, 0.25) is 0 Å². The number of anilines is 1. The molecule has 0 aliphatic heterocycles. The van der Waals surface area contributed by atoms with Crippen LogP contribution in [-0.2, 0) is 34.1 Å². The van der Waals surface area contributed by atoms with Crippen LogP contribution >= 0.6 is 22.7 Å². The monoisotopic (exact) mass is 502 g/mol. The average Bonchev–Trinajstić information content (AvgIpc) is 3.34. The van der Waals surface area contributed by atoms with Crippen molar-refractivity contribution in [2.24, 2.45) is 0 Å². The average molecular weight is 503 g/mol. The van der Waals surface area contributed by atoms with Gasteiger partial charge in [0.1, 0.15) is 5.01 Å². The number of aliphatic hydroxyl groups excluding tert-OH is 1. The summed E-state index contributed by atoms with van der Waals surface area (Å²) in [6, 6.07) is 5.85. The molecular weight excluding hydrogens is 489 g/mol. The maximum atomic E-state index is 12.6. The molecule has 168 valence electrons. The smallest absolute Gasteiger partial charge is 0.389 e. The maximum Gasteiger partial charge on any atom is 0.501 e. The molecule has 0 unspecified atom stereocenters. The zero-order valence-electron chi connectivity index (χ0n) is 15.9. The Morgan fingerprint density at radius 2 is 1.91 bits per heavy atom. The predicted molar refractivity (Wildman–Crippen MR) is 110 cm³/mol. The van der Waals surface area contributed by atoms with Gasteiger partial charge in [-0.05, 0) is 17.7 Å². The highest BCUT2D eigenvalue weighted by Crippen LogP contribution is 2.33. The number of carbonyl (C=O) groups is 1. The molecule has 0 saturated heterocycles. The minimum absolute atomic E-state index is 0.0328. The Bertz CT molecular complexity index is 1280. The number of aliphatic hydroxyl groups is 1. The summed E-state index contributed by atoms with van der Waals surface area (Å²) in [5.41, 5.74) is -4.14. The minimum Gasteiger partial charge on any atom is -0.389 e. The number of nitrogens with one attached hydrogen (secondary N) is 1. The van der Waals surface area contributed by atoms with Crippen LogP contribution in [0, 0.1) is 11.3 Å². The molecule has 0 radical (unpaired) electrons. The highest BCUT2D eigenvalue weighted by molar-refractivity contribution is 7.92. The third-order valence-corrected chi connectivity index (χ3v) is 7.37. The first kappa shape index (κ1) is 23.8. The number of hydrogen-bond donors (Lipinski definition) is 2. The normalized spacial score (nSPS) is 11.8. The van der Waals surface area contributed by atoms with Crippen LogP contribution in [0.15, 0.2) is 34.5 Å². The molecule has 0 spiro atoms. The summed E-state index contributed by atoms with van der Waals surface area (Å²) in [4.78, 5) is 20.4. The van der Waals surface area contributed by atoms with Gasteiger partial charge in [0.15, 0.2) is 5.13 Å². The summed E-state index contributed by atoms with van der Waals surface area (Å²) >= 11 is 2.30. The standard InChI is InChI=1S/C18H13F3N4O4S3/c19-18(20,21)32(28,29)11-3-1-10(2-4-11)7-14(27)25-17-24-13(9-30-17)16-12(5-6-22)23-15(8-26)31-16/h1-4,9,26H,5,7-8H2,(H,24,25,27). The van der Waals surface area contributed by atoms with Crippen molar-refractivity contribution in [2.45, 2.75) is 29.9 Å². The van der Waals surface area contributed by atoms with Gasteiger partial charge < -0.3 is 10.4 Å².